The third-order valence-electron chi connectivity index (χ3n) is 4.17. The number of rotatable bonds is 4. The van der Waals surface area contributed by atoms with Gasteiger partial charge in [-0.3, -0.25) is 4.79 Å². The average molecular weight is 302 g/mol. The van der Waals surface area contributed by atoms with Crippen LogP contribution in [0.2, 0.25) is 0 Å². The van der Waals surface area contributed by atoms with Gasteiger partial charge in [0.15, 0.2) is 5.01 Å². The molecule has 1 atom stereocenters. The summed E-state index contributed by atoms with van der Waals surface area (Å²) in [6.45, 7) is 2.36. The van der Waals surface area contributed by atoms with E-state index in [1.165, 1.54) is 24.2 Å². The van der Waals surface area contributed by atoms with Gasteiger partial charge in [0.05, 0.1) is 16.3 Å². The minimum absolute atomic E-state index is 0.0497. The second-order valence-electron chi connectivity index (χ2n) is 5.93. The first-order valence-electron chi connectivity index (χ1n) is 7.56. The third kappa shape index (κ3) is 2.80. The number of benzene rings is 1. The van der Waals surface area contributed by atoms with Crippen LogP contribution in [0, 0.1) is 5.92 Å². The molecule has 2 fully saturated rings. The number of aromatic nitrogens is 1. The van der Waals surface area contributed by atoms with Crippen LogP contribution in [-0.2, 0) is 4.74 Å². The molecule has 1 unspecified atom stereocenters. The summed E-state index contributed by atoms with van der Waals surface area (Å²) in [5.74, 6) is 0.827. The second-order valence-corrected chi connectivity index (χ2v) is 6.96. The molecule has 1 saturated carbocycles. The molecule has 0 bridgehead atoms. The Morgan fingerprint density at radius 2 is 2.19 bits per heavy atom. The van der Waals surface area contributed by atoms with E-state index in [0.29, 0.717) is 11.6 Å². The number of nitrogens with zero attached hydrogens (tertiary/aromatic N) is 2. The van der Waals surface area contributed by atoms with Crippen molar-refractivity contribution in [1.82, 2.24) is 9.88 Å². The van der Waals surface area contributed by atoms with Crippen molar-refractivity contribution >= 4 is 27.5 Å². The summed E-state index contributed by atoms with van der Waals surface area (Å²) >= 11 is 1.48. The van der Waals surface area contributed by atoms with E-state index in [2.05, 4.69) is 4.98 Å². The van der Waals surface area contributed by atoms with Crippen LogP contribution in [0.5, 0.6) is 0 Å². The molecule has 2 aliphatic rings. The van der Waals surface area contributed by atoms with Gasteiger partial charge in [0.25, 0.3) is 5.91 Å². The van der Waals surface area contributed by atoms with Gasteiger partial charge in [-0.25, -0.2) is 4.98 Å². The SMILES string of the molecule is O=C(c1nc2ccccc2s1)N1CCC(OCC2CC2)C1. The lowest BCUT2D eigenvalue weighted by Gasteiger charge is -2.15. The lowest BCUT2D eigenvalue weighted by Crippen LogP contribution is -2.30. The van der Waals surface area contributed by atoms with Gasteiger partial charge in [-0.1, -0.05) is 12.1 Å². The maximum Gasteiger partial charge on any atom is 0.282 e. The van der Waals surface area contributed by atoms with Crippen LogP contribution in [0.25, 0.3) is 10.2 Å². The molecule has 2 aromatic rings. The van der Waals surface area contributed by atoms with Crippen LogP contribution in [0.3, 0.4) is 0 Å². The van der Waals surface area contributed by atoms with Gasteiger partial charge in [0.1, 0.15) is 0 Å². The van der Waals surface area contributed by atoms with Crippen LogP contribution < -0.4 is 0 Å². The van der Waals surface area contributed by atoms with Crippen molar-refractivity contribution in [3.63, 3.8) is 0 Å². The van der Waals surface area contributed by atoms with Crippen molar-refractivity contribution < 1.29 is 9.53 Å². The van der Waals surface area contributed by atoms with E-state index in [1.54, 1.807) is 0 Å². The largest absolute Gasteiger partial charge is 0.376 e. The van der Waals surface area contributed by atoms with Crippen molar-refractivity contribution in [2.24, 2.45) is 5.92 Å². The quantitative estimate of drug-likeness (QED) is 0.872. The van der Waals surface area contributed by atoms with Gasteiger partial charge < -0.3 is 9.64 Å². The lowest BCUT2D eigenvalue weighted by molar-refractivity contribution is 0.0480. The number of carbonyl (C=O) groups is 1. The Hall–Kier alpha value is -1.46. The average Bonchev–Trinajstić information content (AvgIpc) is 3.05. The fraction of sp³-hybridized carbons (Fsp3) is 0.500. The van der Waals surface area contributed by atoms with Gasteiger partial charge >= 0.3 is 0 Å². The lowest BCUT2D eigenvalue weighted by atomic mass is 10.3. The summed E-state index contributed by atoms with van der Waals surface area (Å²) < 4.78 is 6.96. The van der Waals surface area contributed by atoms with Gasteiger partial charge in [0, 0.05) is 19.7 Å². The third-order valence-corrected chi connectivity index (χ3v) is 5.20. The number of amides is 1. The van der Waals surface area contributed by atoms with Crippen molar-refractivity contribution in [3.05, 3.63) is 29.3 Å². The Bertz CT molecular complexity index is 632. The maximum atomic E-state index is 12.5. The highest BCUT2D eigenvalue weighted by Gasteiger charge is 2.31. The zero-order valence-electron chi connectivity index (χ0n) is 11.8. The molecule has 1 amide bonds. The minimum Gasteiger partial charge on any atom is -0.376 e. The predicted molar refractivity (Wildman–Crippen MR) is 82.6 cm³/mol. The van der Waals surface area contributed by atoms with Gasteiger partial charge in [-0.05, 0) is 37.3 Å². The molecule has 1 saturated heterocycles. The molecule has 2 heterocycles. The van der Waals surface area contributed by atoms with Crippen LogP contribution in [-0.4, -0.2) is 41.6 Å². The van der Waals surface area contributed by atoms with E-state index >= 15 is 0 Å². The van der Waals surface area contributed by atoms with E-state index in [4.69, 9.17) is 4.74 Å². The molecule has 4 nitrogen and oxygen atoms in total. The normalized spacial score (nSPS) is 22.1. The smallest absolute Gasteiger partial charge is 0.282 e. The van der Waals surface area contributed by atoms with E-state index in [1.807, 2.05) is 29.2 Å². The fourth-order valence-corrected chi connectivity index (χ4v) is 3.64. The summed E-state index contributed by atoms with van der Waals surface area (Å²) in [6, 6.07) is 7.89. The molecule has 1 aliphatic carbocycles. The Labute approximate surface area is 127 Å². The maximum absolute atomic E-state index is 12.5. The van der Waals surface area contributed by atoms with Crippen LogP contribution in [0.4, 0.5) is 0 Å². The molecule has 1 aromatic carbocycles. The van der Waals surface area contributed by atoms with Crippen molar-refractivity contribution in [1.29, 1.82) is 0 Å². The molecule has 4 rings (SSSR count). The van der Waals surface area contributed by atoms with Gasteiger partial charge in [0.2, 0.25) is 0 Å². The van der Waals surface area contributed by atoms with Crippen molar-refractivity contribution in [3.8, 4) is 0 Å². The Morgan fingerprint density at radius 1 is 1.33 bits per heavy atom. The number of likely N-dealkylation sites (tertiary alicyclic amines) is 1. The first-order chi connectivity index (χ1) is 10.3. The fourth-order valence-electron chi connectivity index (χ4n) is 2.70. The number of thiazole rings is 1. The number of hydrogen-bond donors (Lipinski definition) is 0. The molecular formula is C16H18N2O2S. The summed E-state index contributed by atoms with van der Waals surface area (Å²) in [6.07, 6.45) is 3.77. The second kappa shape index (κ2) is 5.39. The number of ether oxygens (including phenoxy) is 1. The predicted octanol–water partition coefficient (Wildman–Crippen LogP) is 2.94. The van der Waals surface area contributed by atoms with Crippen LogP contribution in [0.15, 0.2) is 24.3 Å². The standard InChI is InChI=1S/C16H18N2O2S/c19-16(15-17-13-3-1-2-4-14(13)21-15)18-8-7-12(9-18)20-10-11-5-6-11/h1-4,11-12H,5-10H2. The monoisotopic (exact) mass is 302 g/mol. The molecule has 1 aromatic heterocycles. The molecule has 110 valence electrons. The number of hydrogen-bond acceptors (Lipinski definition) is 4. The molecule has 1 aliphatic heterocycles. The zero-order chi connectivity index (χ0) is 14.2. The molecular weight excluding hydrogens is 284 g/mol. The van der Waals surface area contributed by atoms with Crippen molar-refractivity contribution in [2.45, 2.75) is 25.4 Å². The van der Waals surface area contributed by atoms with Gasteiger partial charge in [-0.15, -0.1) is 11.3 Å². The Kier molecular flexibility index (Phi) is 3.39. The number of fused-ring (bicyclic) bond motifs is 1. The van der Waals surface area contributed by atoms with Crippen LogP contribution >= 0.6 is 11.3 Å². The van der Waals surface area contributed by atoms with Crippen LogP contribution in [0.1, 0.15) is 29.1 Å². The van der Waals surface area contributed by atoms with E-state index in [0.717, 1.165) is 35.7 Å². The summed E-state index contributed by atoms with van der Waals surface area (Å²) in [5.41, 5.74) is 0.909. The summed E-state index contributed by atoms with van der Waals surface area (Å²) in [7, 11) is 0. The first kappa shape index (κ1) is 13.2. The van der Waals surface area contributed by atoms with Crippen molar-refractivity contribution in [2.75, 3.05) is 19.7 Å². The van der Waals surface area contributed by atoms with Gasteiger partial charge in [-0.2, -0.15) is 0 Å². The summed E-state index contributed by atoms with van der Waals surface area (Å²) in [5, 5.41) is 0.596. The minimum atomic E-state index is 0.0497. The Morgan fingerprint density at radius 3 is 3.00 bits per heavy atom. The molecule has 21 heavy (non-hydrogen) atoms. The molecule has 0 N–H and O–H groups in total. The van der Waals surface area contributed by atoms with E-state index < -0.39 is 0 Å². The highest BCUT2D eigenvalue weighted by molar-refractivity contribution is 7.20. The number of para-hydroxylation sites is 1. The van der Waals surface area contributed by atoms with E-state index in [-0.39, 0.29) is 12.0 Å². The first-order valence-corrected chi connectivity index (χ1v) is 8.38. The van der Waals surface area contributed by atoms with E-state index in [9.17, 15) is 4.79 Å². The Balaban J connectivity index is 1.42. The summed E-state index contributed by atoms with van der Waals surface area (Å²) in [4.78, 5) is 18.9. The number of carbonyl (C=O) groups excluding carboxylic acids is 1. The highest BCUT2D eigenvalue weighted by atomic mass is 32.1. The highest BCUT2D eigenvalue weighted by Crippen LogP contribution is 2.30. The molecule has 0 radical (unpaired) electrons. The molecule has 5 heteroatoms. The molecule has 0 spiro atoms. The topological polar surface area (TPSA) is 42.4 Å². The zero-order valence-corrected chi connectivity index (χ0v) is 12.6.